The van der Waals surface area contributed by atoms with Gasteiger partial charge in [-0.2, -0.15) is 0 Å². The first kappa shape index (κ1) is 6.42. The highest BCUT2D eigenvalue weighted by Gasteiger charge is 1.92. The van der Waals surface area contributed by atoms with Gasteiger partial charge in [-0.3, -0.25) is 4.79 Å². The Bertz CT molecular complexity index is 401. The summed E-state index contributed by atoms with van der Waals surface area (Å²) in [4.78, 5) is 19.4. The summed E-state index contributed by atoms with van der Waals surface area (Å²) in [5, 5.41) is 1.90. The molecule has 0 bridgehead atoms. The molecule has 0 amide bonds. The van der Waals surface area contributed by atoms with E-state index in [0.29, 0.717) is 0 Å². The van der Waals surface area contributed by atoms with Crippen molar-refractivity contribution in [2.45, 2.75) is 0 Å². The summed E-state index contributed by atoms with van der Waals surface area (Å²) >= 11 is 1.48. The van der Waals surface area contributed by atoms with Crippen LogP contribution in [0.2, 0.25) is 0 Å². The van der Waals surface area contributed by atoms with E-state index in [1.165, 1.54) is 23.7 Å². The minimum absolute atomic E-state index is 0.159. The van der Waals surface area contributed by atoms with Crippen LogP contribution in [0.3, 0.4) is 0 Å². The number of rotatable bonds is 0. The molecule has 54 valence electrons. The Balaban J connectivity index is 2.96. The molecule has 2 aromatic heterocycles. The molecule has 3 nitrogen and oxygen atoms in total. The van der Waals surface area contributed by atoms with Crippen LogP contribution in [0.15, 0.2) is 28.6 Å². The maximum atomic E-state index is 10.8. The summed E-state index contributed by atoms with van der Waals surface area (Å²) in [6, 6.07) is 1.84. The number of nitrogens with zero attached hydrogens (tertiary/aromatic N) is 2. The zero-order valence-electron chi connectivity index (χ0n) is 5.52. The van der Waals surface area contributed by atoms with Crippen LogP contribution >= 0.6 is 11.3 Å². The van der Waals surface area contributed by atoms with Crippen LogP contribution in [0, 0.1) is 0 Å². The van der Waals surface area contributed by atoms with Gasteiger partial charge in [-0.15, -0.1) is 11.3 Å². The Morgan fingerprint density at radius 2 is 2.09 bits per heavy atom. The zero-order valence-corrected chi connectivity index (χ0v) is 6.34. The van der Waals surface area contributed by atoms with Crippen LogP contribution in [0.25, 0.3) is 10.3 Å². The van der Waals surface area contributed by atoms with Gasteiger partial charge in [0.05, 0.1) is 17.9 Å². The smallest absolute Gasteiger partial charge is 0.215 e. The lowest BCUT2D eigenvalue weighted by Crippen LogP contribution is -1.91. The van der Waals surface area contributed by atoms with E-state index in [4.69, 9.17) is 0 Å². The van der Waals surface area contributed by atoms with Crippen molar-refractivity contribution in [3.05, 3.63) is 34.1 Å². The largest absolute Gasteiger partial charge is 0.286 e. The Labute approximate surface area is 66.4 Å². The Kier molecular flexibility index (Phi) is 1.40. The molecule has 0 aromatic carbocycles. The zero-order chi connectivity index (χ0) is 7.68. The molecule has 2 rings (SSSR count). The topological polar surface area (TPSA) is 42.9 Å². The quantitative estimate of drug-likeness (QED) is 0.584. The first-order valence-electron chi connectivity index (χ1n) is 3.06. The van der Waals surface area contributed by atoms with E-state index in [2.05, 4.69) is 9.97 Å². The number of aromatic nitrogens is 2. The van der Waals surface area contributed by atoms with Gasteiger partial charge in [0.2, 0.25) is 5.43 Å². The Morgan fingerprint density at radius 3 is 3.00 bits per heavy atom. The summed E-state index contributed by atoms with van der Waals surface area (Å²) < 4.78 is 0. The van der Waals surface area contributed by atoms with E-state index in [1.807, 2.05) is 11.4 Å². The maximum absolute atomic E-state index is 10.8. The van der Waals surface area contributed by atoms with E-state index in [1.54, 1.807) is 0 Å². The molecule has 0 spiro atoms. The molecular weight excluding hydrogens is 160 g/mol. The minimum atomic E-state index is -0.159. The molecule has 2 heterocycles. The van der Waals surface area contributed by atoms with Gasteiger partial charge in [-0.05, 0) is 11.4 Å². The summed E-state index contributed by atoms with van der Waals surface area (Å²) in [7, 11) is 0. The molecule has 4 heteroatoms. The number of hydrogen-bond donors (Lipinski definition) is 0. The van der Waals surface area contributed by atoms with Crippen LogP contribution in [-0.2, 0) is 0 Å². The van der Waals surface area contributed by atoms with Crippen molar-refractivity contribution in [2.24, 2.45) is 0 Å². The van der Waals surface area contributed by atoms with Gasteiger partial charge >= 0.3 is 0 Å². The van der Waals surface area contributed by atoms with E-state index < -0.39 is 0 Å². The van der Waals surface area contributed by atoms with Crippen LogP contribution in [-0.4, -0.2) is 9.97 Å². The lowest BCUT2D eigenvalue weighted by Gasteiger charge is -1.71. The lowest BCUT2D eigenvalue weighted by molar-refractivity contribution is 1.38. The highest BCUT2D eigenvalue weighted by molar-refractivity contribution is 7.16. The maximum Gasteiger partial charge on any atom is 0.215 e. The van der Waals surface area contributed by atoms with E-state index in [0.717, 1.165) is 10.3 Å². The number of hydrogen-bond acceptors (Lipinski definition) is 4. The third kappa shape index (κ3) is 1.12. The van der Waals surface area contributed by atoms with Crippen molar-refractivity contribution >= 4 is 21.7 Å². The van der Waals surface area contributed by atoms with Gasteiger partial charge < -0.3 is 0 Å². The van der Waals surface area contributed by atoms with Crippen molar-refractivity contribution in [1.29, 1.82) is 0 Å². The predicted molar refractivity (Wildman–Crippen MR) is 43.7 cm³/mol. The lowest BCUT2D eigenvalue weighted by atomic mass is 10.6. The standard InChI is InChI=1S/C7H4N2OS/c10-5-3-8-6-1-2-11-7(6)9-4-5/h1-4H. The second-order valence-electron chi connectivity index (χ2n) is 2.03. The van der Waals surface area contributed by atoms with Crippen LogP contribution in [0.1, 0.15) is 0 Å². The average Bonchev–Trinajstić information content (AvgIpc) is 2.38. The highest BCUT2D eigenvalue weighted by atomic mass is 32.1. The second kappa shape index (κ2) is 2.39. The van der Waals surface area contributed by atoms with Crippen LogP contribution < -0.4 is 5.43 Å². The highest BCUT2D eigenvalue weighted by Crippen LogP contribution is 2.12. The van der Waals surface area contributed by atoms with Gasteiger partial charge in [-0.25, -0.2) is 9.97 Å². The molecular formula is C7H4N2OS. The van der Waals surface area contributed by atoms with Gasteiger partial charge in [0.15, 0.2) is 0 Å². The molecule has 0 saturated carbocycles. The molecule has 2 aromatic rings. The molecule has 0 fully saturated rings. The van der Waals surface area contributed by atoms with Gasteiger partial charge in [0.1, 0.15) is 4.83 Å². The number of fused-ring (bicyclic) bond motifs is 1. The van der Waals surface area contributed by atoms with Crippen LogP contribution in [0.5, 0.6) is 0 Å². The Hall–Kier alpha value is -1.29. The predicted octanol–water partition coefficient (Wildman–Crippen LogP) is 1.05. The van der Waals surface area contributed by atoms with Crippen LogP contribution in [0.4, 0.5) is 0 Å². The second-order valence-corrected chi connectivity index (χ2v) is 2.92. The third-order valence-corrected chi connectivity index (χ3v) is 2.07. The van der Waals surface area contributed by atoms with E-state index in [9.17, 15) is 4.79 Å². The summed E-state index contributed by atoms with van der Waals surface area (Å²) in [6.07, 6.45) is 2.56. The monoisotopic (exact) mass is 164 g/mol. The molecule has 0 unspecified atom stereocenters. The van der Waals surface area contributed by atoms with Gasteiger partial charge in [0.25, 0.3) is 0 Å². The van der Waals surface area contributed by atoms with Gasteiger partial charge in [0, 0.05) is 0 Å². The molecule has 0 saturated heterocycles. The SMILES string of the molecule is O=c1cnc2ccsc2nc1. The van der Waals surface area contributed by atoms with Crippen molar-refractivity contribution in [2.75, 3.05) is 0 Å². The average molecular weight is 164 g/mol. The summed E-state index contributed by atoms with van der Waals surface area (Å²) in [5.74, 6) is 0. The molecule has 0 aliphatic rings. The molecule has 0 aliphatic heterocycles. The molecule has 0 N–H and O–H groups in total. The van der Waals surface area contributed by atoms with E-state index in [-0.39, 0.29) is 5.43 Å². The molecule has 11 heavy (non-hydrogen) atoms. The molecule has 0 aliphatic carbocycles. The van der Waals surface area contributed by atoms with Gasteiger partial charge in [-0.1, -0.05) is 0 Å². The molecule has 0 radical (unpaired) electrons. The summed E-state index contributed by atoms with van der Waals surface area (Å²) in [6.45, 7) is 0. The summed E-state index contributed by atoms with van der Waals surface area (Å²) in [5.41, 5.74) is 0.616. The van der Waals surface area contributed by atoms with Crippen molar-refractivity contribution < 1.29 is 0 Å². The fourth-order valence-electron chi connectivity index (χ4n) is 0.778. The first-order valence-corrected chi connectivity index (χ1v) is 3.94. The first-order chi connectivity index (χ1) is 5.36. The normalized spacial score (nSPS) is 10.2. The molecule has 0 atom stereocenters. The van der Waals surface area contributed by atoms with Crippen molar-refractivity contribution in [3.63, 3.8) is 0 Å². The third-order valence-electron chi connectivity index (χ3n) is 1.26. The van der Waals surface area contributed by atoms with E-state index >= 15 is 0 Å². The van der Waals surface area contributed by atoms with Crippen molar-refractivity contribution in [3.8, 4) is 0 Å². The minimum Gasteiger partial charge on any atom is -0.286 e. The fraction of sp³-hybridized carbons (Fsp3) is 0. The number of thiophene rings is 1. The van der Waals surface area contributed by atoms with Crippen molar-refractivity contribution in [1.82, 2.24) is 9.97 Å². The Morgan fingerprint density at radius 1 is 1.27 bits per heavy atom. The fourth-order valence-corrected chi connectivity index (χ4v) is 1.46.